The highest BCUT2D eigenvalue weighted by Crippen LogP contribution is 2.39. The van der Waals surface area contributed by atoms with Crippen LogP contribution in [0.2, 0.25) is 0 Å². The van der Waals surface area contributed by atoms with Gasteiger partial charge in [0.05, 0.1) is 22.8 Å². The molecule has 1 amide bonds. The van der Waals surface area contributed by atoms with E-state index in [0.717, 1.165) is 29.6 Å². The van der Waals surface area contributed by atoms with Crippen molar-refractivity contribution in [3.05, 3.63) is 58.6 Å². The predicted octanol–water partition coefficient (Wildman–Crippen LogP) is 4.48. The first-order valence-electron chi connectivity index (χ1n) is 11.6. The third-order valence-electron chi connectivity index (χ3n) is 5.81. The minimum absolute atomic E-state index is 0.0405. The Bertz CT molecular complexity index is 1480. The van der Waals surface area contributed by atoms with Crippen LogP contribution in [0.3, 0.4) is 0 Å². The Morgan fingerprint density at radius 1 is 1.14 bits per heavy atom. The van der Waals surface area contributed by atoms with Gasteiger partial charge in [-0.1, -0.05) is 0 Å². The van der Waals surface area contributed by atoms with Gasteiger partial charge < -0.3 is 19.9 Å². The van der Waals surface area contributed by atoms with Crippen molar-refractivity contribution in [1.82, 2.24) is 24.3 Å². The number of nitrogens with zero attached hydrogens (tertiary/aromatic N) is 5. The van der Waals surface area contributed by atoms with E-state index in [4.69, 9.17) is 4.74 Å². The molecule has 4 aromatic rings. The van der Waals surface area contributed by atoms with Crippen LogP contribution in [0.25, 0.3) is 11.0 Å². The molecule has 0 saturated heterocycles. The molecule has 0 atom stereocenters. The standard InChI is InChI=1S/C25H27N7O3/c1-14(2)32-24(34)21(13-20(30-32)16-5-6-16)29-25-28-19-8-7-17(11-22(19)31(25)4)35-18-9-10-26-23(12-18)27-15(3)33/h7-14,16H,5-6H2,1-4H3,(H,28,29)(H,26,27,33). The molecule has 10 heteroatoms. The van der Waals surface area contributed by atoms with Gasteiger partial charge in [0.25, 0.3) is 5.56 Å². The van der Waals surface area contributed by atoms with Crippen LogP contribution in [0.5, 0.6) is 11.5 Å². The number of aromatic nitrogens is 5. The van der Waals surface area contributed by atoms with Gasteiger partial charge in [-0.15, -0.1) is 0 Å². The third-order valence-corrected chi connectivity index (χ3v) is 5.81. The van der Waals surface area contributed by atoms with E-state index in [9.17, 15) is 9.59 Å². The first-order valence-corrected chi connectivity index (χ1v) is 11.6. The SMILES string of the molecule is CC(=O)Nc1cc(Oc2ccc3nc(Nc4cc(C5CC5)nn(C(C)C)c4=O)n(C)c3c2)ccn1. The molecule has 10 nitrogen and oxygen atoms in total. The highest BCUT2D eigenvalue weighted by molar-refractivity contribution is 5.87. The number of hydrogen-bond acceptors (Lipinski definition) is 7. The van der Waals surface area contributed by atoms with Crippen LogP contribution >= 0.6 is 0 Å². The van der Waals surface area contributed by atoms with E-state index in [2.05, 4.69) is 25.7 Å². The number of benzene rings is 1. The molecule has 1 aliphatic rings. The van der Waals surface area contributed by atoms with E-state index in [-0.39, 0.29) is 17.5 Å². The summed E-state index contributed by atoms with van der Waals surface area (Å²) in [4.78, 5) is 33.1. The summed E-state index contributed by atoms with van der Waals surface area (Å²) in [6.45, 7) is 5.33. The molecule has 3 aromatic heterocycles. The first-order chi connectivity index (χ1) is 16.8. The zero-order chi connectivity index (χ0) is 24.7. The molecule has 1 fully saturated rings. The highest BCUT2D eigenvalue weighted by atomic mass is 16.5. The summed E-state index contributed by atoms with van der Waals surface area (Å²) in [5, 5.41) is 10.4. The van der Waals surface area contributed by atoms with Gasteiger partial charge in [0, 0.05) is 38.2 Å². The van der Waals surface area contributed by atoms with Crippen LogP contribution in [0.4, 0.5) is 17.5 Å². The number of imidazole rings is 1. The Labute approximate surface area is 202 Å². The molecule has 35 heavy (non-hydrogen) atoms. The Hall–Kier alpha value is -4.21. The van der Waals surface area contributed by atoms with Crippen LogP contribution < -0.4 is 20.9 Å². The van der Waals surface area contributed by atoms with Gasteiger partial charge in [0.1, 0.15) is 23.0 Å². The van der Waals surface area contributed by atoms with Crippen molar-refractivity contribution in [2.75, 3.05) is 10.6 Å². The molecule has 1 aliphatic carbocycles. The summed E-state index contributed by atoms with van der Waals surface area (Å²) < 4.78 is 9.41. The predicted molar refractivity (Wildman–Crippen MR) is 133 cm³/mol. The molecule has 5 rings (SSSR count). The van der Waals surface area contributed by atoms with Crippen LogP contribution in [-0.2, 0) is 11.8 Å². The number of fused-ring (bicyclic) bond motifs is 1. The summed E-state index contributed by atoms with van der Waals surface area (Å²) in [5.74, 6) is 2.33. The van der Waals surface area contributed by atoms with E-state index in [1.54, 1.807) is 18.3 Å². The molecule has 1 saturated carbocycles. The maximum Gasteiger partial charge on any atom is 0.290 e. The van der Waals surface area contributed by atoms with Crippen LogP contribution in [-0.4, -0.2) is 30.2 Å². The number of anilines is 3. The molecule has 0 unspecified atom stereocenters. The smallest absolute Gasteiger partial charge is 0.290 e. The summed E-state index contributed by atoms with van der Waals surface area (Å²) >= 11 is 0. The number of amides is 1. The van der Waals surface area contributed by atoms with Gasteiger partial charge in [0.2, 0.25) is 11.9 Å². The lowest BCUT2D eigenvalue weighted by Gasteiger charge is -2.14. The molecular weight excluding hydrogens is 446 g/mol. The van der Waals surface area contributed by atoms with E-state index >= 15 is 0 Å². The number of rotatable bonds is 7. The maximum absolute atomic E-state index is 13.0. The Morgan fingerprint density at radius 2 is 1.91 bits per heavy atom. The topological polar surface area (TPSA) is 116 Å². The number of pyridine rings is 1. The normalized spacial score (nSPS) is 13.3. The number of carbonyl (C=O) groups is 1. The van der Waals surface area contributed by atoms with Gasteiger partial charge in [-0.25, -0.2) is 14.6 Å². The Balaban J connectivity index is 1.44. The van der Waals surface area contributed by atoms with Crippen molar-refractivity contribution in [2.24, 2.45) is 7.05 Å². The zero-order valence-electron chi connectivity index (χ0n) is 20.1. The average Bonchev–Trinajstić information content (AvgIpc) is 3.61. The van der Waals surface area contributed by atoms with E-state index in [1.165, 1.54) is 11.6 Å². The second kappa shape index (κ2) is 8.86. The second-order valence-electron chi connectivity index (χ2n) is 9.03. The van der Waals surface area contributed by atoms with Gasteiger partial charge >= 0.3 is 0 Å². The van der Waals surface area contributed by atoms with Gasteiger partial charge in [0.15, 0.2) is 0 Å². The molecule has 0 aliphatic heterocycles. The average molecular weight is 474 g/mol. The molecule has 0 bridgehead atoms. The maximum atomic E-state index is 13.0. The lowest BCUT2D eigenvalue weighted by molar-refractivity contribution is -0.114. The van der Waals surface area contributed by atoms with Crippen molar-refractivity contribution in [1.29, 1.82) is 0 Å². The molecule has 0 radical (unpaired) electrons. The lowest BCUT2D eigenvalue weighted by Crippen LogP contribution is -2.28. The second-order valence-corrected chi connectivity index (χ2v) is 9.03. The number of hydrogen-bond donors (Lipinski definition) is 2. The summed E-state index contributed by atoms with van der Waals surface area (Å²) in [6.07, 6.45) is 3.77. The number of ether oxygens (including phenoxy) is 1. The van der Waals surface area contributed by atoms with Crippen molar-refractivity contribution < 1.29 is 9.53 Å². The Kier molecular flexibility index (Phi) is 5.72. The van der Waals surface area contributed by atoms with Gasteiger partial charge in [-0.2, -0.15) is 5.10 Å². The van der Waals surface area contributed by atoms with E-state index in [1.807, 2.05) is 49.7 Å². The highest BCUT2D eigenvalue weighted by Gasteiger charge is 2.27. The summed E-state index contributed by atoms with van der Waals surface area (Å²) in [6, 6.07) is 10.7. The molecule has 3 heterocycles. The summed E-state index contributed by atoms with van der Waals surface area (Å²) in [5.41, 5.74) is 2.82. The quantitative estimate of drug-likeness (QED) is 0.407. The van der Waals surface area contributed by atoms with E-state index < -0.39 is 0 Å². The Morgan fingerprint density at radius 3 is 2.63 bits per heavy atom. The van der Waals surface area contributed by atoms with Crippen molar-refractivity contribution in [2.45, 2.75) is 45.6 Å². The van der Waals surface area contributed by atoms with Crippen LogP contribution in [0.1, 0.15) is 51.3 Å². The number of nitrogens with one attached hydrogen (secondary N) is 2. The number of carbonyl (C=O) groups excluding carboxylic acids is 1. The largest absolute Gasteiger partial charge is 0.457 e. The van der Waals surface area contributed by atoms with Crippen LogP contribution in [0, 0.1) is 0 Å². The minimum atomic E-state index is -0.204. The molecular formula is C25H27N7O3. The molecule has 180 valence electrons. The number of aryl methyl sites for hydroxylation is 1. The molecule has 2 N–H and O–H groups in total. The first kappa shape index (κ1) is 22.6. The van der Waals surface area contributed by atoms with Gasteiger partial charge in [-0.3, -0.25) is 9.59 Å². The van der Waals surface area contributed by atoms with E-state index in [0.29, 0.717) is 34.9 Å². The van der Waals surface area contributed by atoms with Crippen LogP contribution in [0.15, 0.2) is 47.4 Å². The fourth-order valence-corrected chi connectivity index (χ4v) is 3.87. The molecule has 0 spiro atoms. The van der Waals surface area contributed by atoms with Crippen molar-refractivity contribution >= 4 is 34.4 Å². The zero-order valence-corrected chi connectivity index (χ0v) is 20.1. The molecule has 1 aromatic carbocycles. The lowest BCUT2D eigenvalue weighted by atomic mass is 10.2. The van der Waals surface area contributed by atoms with Crippen molar-refractivity contribution in [3.63, 3.8) is 0 Å². The fraction of sp³-hybridized carbons (Fsp3) is 0.320. The summed E-state index contributed by atoms with van der Waals surface area (Å²) in [7, 11) is 1.88. The third kappa shape index (κ3) is 4.72. The van der Waals surface area contributed by atoms with Crippen molar-refractivity contribution in [3.8, 4) is 11.5 Å². The minimum Gasteiger partial charge on any atom is -0.457 e. The van der Waals surface area contributed by atoms with Gasteiger partial charge in [-0.05, 0) is 51.0 Å². The monoisotopic (exact) mass is 473 g/mol. The fourth-order valence-electron chi connectivity index (χ4n) is 3.87.